The fourth-order valence-electron chi connectivity index (χ4n) is 4.19. The highest BCUT2D eigenvalue weighted by Gasteiger charge is 2.64. The highest BCUT2D eigenvalue weighted by atomic mass is 19.4. The van der Waals surface area contributed by atoms with E-state index >= 15 is 0 Å². The largest absolute Gasteiger partial charge is 0.403 e. The van der Waals surface area contributed by atoms with Crippen LogP contribution in [0.25, 0.3) is 0 Å². The molecule has 8 heteroatoms. The summed E-state index contributed by atoms with van der Waals surface area (Å²) in [5.74, 6) is -1.14. The molecule has 0 radical (unpaired) electrons. The lowest BCUT2D eigenvalue weighted by atomic mass is 9.67. The Kier molecular flexibility index (Phi) is 5.73. The molecule has 0 saturated heterocycles. The topological polar surface area (TPSA) is 75.1 Å². The van der Waals surface area contributed by atoms with Crippen LogP contribution in [-0.4, -0.2) is 27.2 Å². The van der Waals surface area contributed by atoms with Crippen molar-refractivity contribution in [2.24, 2.45) is 5.41 Å². The number of nitrogens with zero attached hydrogens (tertiary/aromatic N) is 2. The maximum atomic E-state index is 13.9. The Balaban J connectivity index is 1.86. The van der Waals surface area contributed by atoms with Crippen LogP contribution in [0.1, 0.15) is 42.0 Å². The molecule has 4 rings (SSSR count). The van der Waals surface area contributed by atoms with Gasteiger partial charge in [0, 0.05) is 35.9 Å². The zero-order chi connectivity index (χ0) is 22.8. The summed E-state index contributed by atoms with van der Waals surface area (Å²) in [4.78, 5) is 21.3. The van der Waals surface area contributed by atoms with E-state index in [2.05, 4.69) is 15.3 Å². The minimum Gasteiger partial charge on any atom is -0.378 e. The molecule has 2 aromatic heterocycles. The van der Waals surface area contributed by atoms with Crippen LogP contribution in [0.4, 0.5) is 13.2 Å². The third kappa shape index (κ3) is 3.64. The van der Waals surface area contributed by atoms with Gasteiger partial charge in [0.05, 0.1) is 6.04 Å². The second kappa shape index (κ2) is 8.35. The van der Waals surface area contributed by atoms with Gasteiger partial charge in [0.25, 0.3) is 0 Å². The molecule has 1 aromatic carbocycles. The Morgan fingerprint density at radius 2 is 1.50 bits per heavy atom. The summed E-state index contributed by atoms with van der Waals surface area (Å²) in [5.41, 5.74) is -3.29. The van der Waals surface area contributed by atoms with E-state index < -0.39 is 29.1 Å². The number of hydrogen-bond acceptors (Lipinski definition) is 4. The van der Waals surface area contributed by atoms with Crippen LogP contribution < -0.4 is 5.32 Å². The van der Waals surface area contributed by atoms with Crippen molar-refractivity contribution in [3.8, 4) is 0 Å². The fraction of sp³-hybridized carbons (Fsp3) is 0.292. The molecule has 2 heterocycles. The van der Waals surface area contributed by atoms with Gasteiger partial charge in [-0.2, -0.15) is 13.2 Å². The van der Waals surface area contributed by atoms with E-state index in [-0.39, 0.29) is 12.8 Å². The summed E-state index contributed by atoms with van der Waals surface area (Å²) in [6, 6.07) is 13.7. The molecular weight excluding hydrogens is 419 g/mol. The molecule has 1 amide bonds. The zero-order valence-corrected chi connectivity index (χ0v) is 17.1. The van der Waals surface area contributed by atoms with Crippen LogP contribution in [0.5, 0.6) is 0 Å². The van der Waals surface area contributed by atoms with E-state index in [1.54, 1.807) is 54.6 Å². The number of carbonyl (C=O) groups excluding carboxylic acids is 1. The zero-order valence-electron chi connectivity index (χ0n) is 17.1. The summed E-state index contributed by atoms with van der Waals surface area (Å²) in [7, 11) is 0. The number of aromatic nitrogens is 2. The van der Waals surface area contributed by atoms with Crippen LogP contribution in [-0.2, 0) is 10.4 Å². The van der Waals surface area contributed by atoms with Crippen molar-refractivity contribution >= 4 is 5.91 Å². The van der Waals surface area contributed by atoms with E-state index in [4.69, 9.17) is 0 Å². The van der Waals surface area contributed by atoms with Gasteiger partial charge in [0.15, 0.2) is 0 Å². The number of nitrogens with one attached hydrogen (secondary N) is 1. The highest BCUT2D eigenvalue weighted by Crippen LogP contribution is 2.54. The van der Waals surface area contributed by atoms with E-state index in [1.807, 2.05) is 0 Å². The molecule has 0 bridgehead atoms. The Morgan fingerprint density at radius 1 is 0.938 bits per heavy atom. The molecule has 2 N–H and O–H groups in total. The first kappa shape index (κ1) is 22.0. The minimum atomic E-state index is -4.68. The number of benzene rings is 1. The van der Waals surface area contributed by atoms with Gasteiger partial charge in [-0.25, -0.2) is 0 Å². The second-order valence-electron chi connectivity index (χ2n) is 8.00. The Labute approximate surface area is 183 Å². The molecule has 1 fully saturated rings. The van der Waals surface area contributed by atoms with Gasteiger partial charge in [-0.05, 0) is 30.5 Å². The SMILES string of the molecule is O=C(N[C@H](c1ccccc1)C(O)(c1cccnc1)c1cccnc1)C1(C(F)(F)F)CCC1. The monoisotopic (exact) mass is 441 g/mol. The van der Waals surface area contributed by atoms with Gasteiger partial charge in [0.1, 0.15) is 11.0 Å². The predicted molar refractivity (Wildman–Crippen MR) is 111 cm³/mol. The predicted octanol–water partition coefficient (Wildman–Crippen LogP) is 4.30. The lowest BCUT2D eigenvalue weighted by molar-refractivity contribution is -0.244. The van der Waals surface area contributed by atoms with Gasteiger partial charge < -0.3 is 10.4 Å². The Hall–Kier alpha value is -3.26. The van der Waals surface area contributed by atoms with Crippen molar-refractivity contribution in [2.45, 2.75) is 37.1 Å². The number of carbonyl (C=O) groups is 1. The molecule has 32 heavy (non-hydrogen) atoms. The van der Waals surface area contributed by atoms with Crippen LogP contribution in [0.15, 0.2) is 79.4 Å². The summed E-state index contributed by atoms with van der Waals surface area (Å²) in [6.07, 6.45) is 0.988. The standard InChI is InChI=1S/C24H22F3N3O2/c25-24(26,27)22(11-6-12-22)21(31)30-20(17-7-2-1-3-8-17)23(32,18-9-4-13-28-15-18)19-10-5-14-29-16-19/h1-5,7-10,13-16,20,32H,6,11-12H2,(H,30,31)/t20-/m1/s1. The van der Waals surface area contributed by atoms with Gasteiger partial charge in [0.2, 0.25) is 5.91 Å². The van der Waals surface area contributed by atoms with Crippen LogP contribution in [0.2, 0.25) is 0 Å². The van der Waals surface area contributed by atoms with E-state index in [9.17, 15) is 23.1 Å². The van der Waals surface area contributed by atoms with Crippen molar-refractivity contribution in [2.75, 3.05) is 0 Å². The number of alkyl halides is 3. The molecule has 1 saturated carbocycles. The van der Waals surface area contributed by atoms with Crippen molar-refractivity contribution in [1.29, 1.82) is 0 Å². The molecule has 1 aliphatic rings. The van der Waals surface area contributed by atoms with E-state index in [0.717, 1.165) is 0 Å². The molecule has 3 aromatic rings. The van der Waals surface area contributed by atoms with Gasteiger partial charge in [-0.15, -0.1) is 0 Å². The lowest BCUT2D eigenvalue weighted by Crippen LogP contribution is -2.57. The van der Waals surface area contributed by atoms with Gasteiger partial charge in [-0.1, -0.05) is 48.9 Å². The number of pyridine rings is 2. The number of hydrogen-bond donors (Lipinski definition) is 2. The first-order valence-corrected chi connectivity index (χ1v) is 10.2. The summed E-state index contributed by atoms with van der Waals surface area (Å²) >= 11 is 0. The minimum absolute atomic E-state index is 0.276. The van der Waals surface area contributed by atoms with Gasteiger partial charge >= 0.3 is 6.18 Å². The quantitative estimate of drug-likeness (QED) is 0.598. The van der Waals surface area contributed by atoms with Crippen molar-refractivity contribution in [1.82, 2.24) is 15.3 Å². The maximum absolute atomic E-state index is 13.9. The van der Waals surface area contributed by atoms with E-state index in [1.165, 1.54) is 24.8 Å². The molecular formula is C24H22F3N3O2. The number of halogens is 3. The average Bonchev–Trinajstić information content (AvgIpc) is 2.77. The van der Waals surface area contributed by atoms with Crippen LogP contribution in [0, 0.1) is 5.41 Å². The molecule has 0 aliphatic heterocycles. The second-order valence-corrected chi connectivity index (χ2v) is 8.00. The molecule has 1 aliphatic carbocycles. The van der Waals surface area contributed by atoms with Crippen LogP contribution in [0.3, 0.4) is 0 Å². The molecule has 0 unspecified atom stereocenters. The van der Waals surface area contributed by atoms with Crippen molar-refractivity contribution in [3.05, 3.63) is 96.1 Å². The Morgan fingerprint density at radius 3 is 1.91 bits per heavy atom. The summed E-state index contributed by atoms with van der Waals surface area (Å²) < 4.78 is 41.6. The molecule has 1 atom stereocenters. The first-order chi connectivity index (χ1) is 15.3. The van der Waals surface area contributed by atoms with E-state index in [0.29, 0.717) is 23.1 Å². The molecule has 5 nitrogen and oxygen atoms in total. The summed E-state index contributed by atoms with van der Waals surface area (Å²) in [6.45, 7) is 0. The number of amides is 1. The number of aliphatic hydroxyl groups is 1. The molecule has 166 valence electrons. The lowest BCUT2D eigenvalue weighted by Gasteiger charge is -2.44. The van der Waals surface area contributed by atoms with Gasteiger partial charge in [-0.3, -0.25) is 14.8 Å². The maximum Gasteiger partial charge on any atom is 0.403 e. The highest BCUT2D eigenvalue weighted by molar-refractivity contribution is 5.85. The first-order valence-electron chi connectivity index (χ1n) is 10.2. The normalized spacial score (nSPS) is 16.6. The Bertz CT molecular complexity index is 1020. The average molecular weight is 441 g/mol. The number of rotatable bonds is 6. The van der Waals surface area contributed by atoms with Crippen LogP contribution >= 0.6 is 0 Å². The fourth-order valence-corrected chi connectivity index (χ4v) is 4.19. The third-order valence-electron chi connectivity index (χ3n) is 6.21. The third-order valence-corrected chi connectivity index (χ3v) is 6.21. The van der Waals surface area contributed by atoms with Crippen molar-refractivity contribution < 1.29 is 23.1 Å². The molecule has 0 spiro atoms. The smallest absolute Gasteiger partial charge is 0.378 e. The van der Waals surface area contributed by atoms with Crippen molar-refractivity contribution in [3.63, 3.8) is 0 Å². The summed E-state index contributed by atoms with van der Waals surface area (Å²) in [5, 5.41) is 14.7.